The zero-order valence-corrected chi connectivity index (χ0v) is 17.9. The van der Waals surface area contributed by atoms with Gasteiger partial charge >= 0.3 is 5.97 Å². The molecule has 152 valence electrons. The Kier molecular flexibility index (Phi) is 7.48. The van der Waals surface area contributed by atoms with Crippen LogP contribution in [0.4, 0.5) is 0 Å². The first-order chi connectivity index (χ1) is 14.2. The molecule has 10 heteroatoms. The van der Waals surface area contributed by atoms with Crippen molar-refractivity contribution >= 4 is 29.5 Å². The number of carbonyl (C=O) groups is 1. The zero-order chi connectivity index (χ0) is 20.6. The maximum absolute atomic E-state index is 12.1. The zero-order valence-electron chi connectivity index (χ0n) is 16.3. The molecule has 1 aromatic carbocycles. The van der Waals surface area contributed by atoms with Gasteiger partial charge in [0.2, 0.25) is 0 Å². The Hall–Kier alpha value is -2.59. The maximum atomic E-state index is 12.1. The Bertz CT molecular complexity index is 935. The lowest BCUT2D eigenvalue weighted by Gasteiger charge is -2.14. The number of hydrogen-bond acceptors (Lipinski definition) is 9. The Morgan fingerprint density at radius 2 is 1.86 bits per heavy atom. The third kappa shape index (κ3) is 5.27. The van der Waals surface area contributed by atoms with Gasteiger partial charge in [0.05, 0.1) is 20.0 Å². The molecule has 3 rings (SSSR count). The summed E-state index contributed by atoms with van der Waals surface area (Å²) in [7, 11) is 3.01. The molecule has 0 saturated carbocycles. The van der Waals surface area contributed by atoms with Crippen molar-refractivity contribution in [2.45, 2.75) is 34.7 Å². The second-order valence-electron chi connectivity index (χ2n) is 5.79. The fourth-order valence-corrected chi connectivity index (χ4v) is 4.24. The van der Waals surface area contributed by atoms with E-state index in [0.29, 0.717) is 22.5 Å². The molecule has 2 aromatic heterocycles. The van der Waals surface area contributed by atoms with Crippen LogP contribution < -0.4 is 4.74 Å². The van der Waals surface area contributed by atoms with Crippen LogP contribution in [0.25, 0.3) is 5.69 Å². The van der Waals surface area contributed by atoms with Crippen LogP contribution in [0, 0.1) is 0 Å². The summed E-state index contributed by atoms with van der Waals surface area (Å²) in [6.45, 7) is 1.94. The van der Waals surface area contributed by atoms with Crippen molar-refractivity contribution in [2.75, 3.05) is 14.2 Å². The average Bonchev–Trinajstić information content (AvgIpc) is 3.18. The Morgan fingerprint density at radius 1 is 1.14 bits per heavy atom. The summed E-state index contributed by atoms with van der Waals surface area (Å²) < 4.78 is 12.1. The fraction of sp³-hybridized carbons (Fsp3) is 0.316. The number of aromatic nitrogens is 5. The number of methoxy groups -OCH3 is 2. The van der Waals surface area contributed by atoms with Gasteiger partial charge in [-0.1, -0.05) is 30.4 Å². The van der Waals surface area contributed by atoms with Crippen molar-refractivity contribution < 1.29 is 14.3 Å². The molecular weight excluding hydrogens is 410 g/mol. The molecule has 2 heterocycles. The van der Waals surface area contributed by atoms with Crippen LogP contribution in [-0.4, -0.2) is 50.2 Å². The number of esters is 1. The maximum Gasteiger partial charge on any atom is 0.319 e. The number of hydrogen-bond donors (Lipinski definition) is 0. The van der Waals surface area contributed by atoms with Crippen molar-refractivity contribution in [3.63, 3.8) is 0 Å². The summed E-state index contributed by atoms with van der Waals surface area (Å²) >= 11 is 2.81. The summed E-state index contributed by atoms with van der Waals surface area (Å²) in [5, 5.41) is 9.61. The third-order valence-electron chi connectivity index (χ3n) is 3.99. The van der Waals surface area contributed by atoms with Crippen LogP contribution in [-0.2, 0) is 15.3 Å². The van der Waals surface area contributed by atoms with Crippen LogP contribution in [0.2, 0.25) is 0 Å². The number of benzene rings is 1. The highest BCUT2D eigenvalue weighted by Crippen LogP contribution is 2.30. The van der Waals surface area contributed by atoms with E-state index in [9.17, 15) is 4.79 Å². The highest BCUT2D eigenvalue weighted by molar-refractivity contribution is 8.00. The van der Waals surface area contributed by atoms with Gasteiger partial charge in [0.25, 0.3) is 0 Å². The molecular formula is C19H21N5O3S2. The standard InChI is InChI=1S/C19H21N5O3S2/c1-4-15(17(25)27-3)29-19-23-22-16(12-28-18-20-10-5-11-21-18)24(19)13-6-8-14(26-2)9-7-13/h5-11,15H,4,12H2,1-3H3/t15-/m1/s1. The minimum Gasteiger partial charge on any atom is -0.497 e. The number of carbonyl (C=O) groups excluding carboxylic acids is 1. The van der Waals surface area contributed by atoms with E-state index in [1.54, 1.807) is 25.6 Å². The topological polar surface area (TPSA) is 92.0 Å². The average molecular weight is 432 g/mol. The first-order valence-electron chi connectivity index (χ1n) is 8.89. The summed E-state index contributed by atoms with van der Waals surface area (Å²) in [5.41, 5.74) is 0.877. The van der Waals surface area contributed by atoms with Gasteiger partial charge in [-0.15, -0.1) is 10.2 Å². The van der Waals surface area contributed by atoms with Crippen LogP contribution in [0.15, 0.2) is 53.0 Å². The lowest BCUT2D eigenvalue weighted by atomic mass is 10.3. The lowest BCUT2D eigenvalue weighted by molar-refractivity contribution is -0.140. The number of ether oxygens (including phenoxy) is 2. The van der Waals surface area contributed by atoms with Gasteiger partial charge in [-0.25, -0.2) is 9.97 Å². The molecule has 0 spiro atoms. The normalized spacial score (nSPS) is 11.8. The van der Waals surface area contributed by atoms with Crippen molar-refractivity contribution in [1.82, 2.24) is 24.7 Å². The minimum absolute atomic E-state index is 0.282. The first-order valence-corrected chi connectivity index (χ1v) is 10.8. The summed E-state index contributed by atoms with van der Waals surface area (Å²) in [5.74, 6) is 1.73. The van der Waals surface area contributed by atoms with E-state index in [2.05, 4.69) is 20.2 Å². The molecule has 29 heavy (non-hydrogen) atoms. The molecule has 1 atom stereocenters. The Balaban J connectivity index is 1.92. The molecule has 0 bridgehead atoms. The fourth-order valence-electron chi connectivity index (χ4n) is 2.51. The minimum atomic E-state index is -0.362. The first kappa shape index (κ1) is 21.1. The third-order valence-corrected chi connectivity index (χ3v) is 6.14. The quantitative estimate of drug-likeness (QED) is 0.287. The van der Waals surface area contributed by atoms with E-state index in [1.165, 1.54) is 30.6 Å². The second-order valence-corrected chi connectivity index (χ2v) is 7.90. The van der Waals surface area contributed by atoms with Gasteiger partial charge in [-0.05, 0) is 36.8 Å². The summed E-state index contributed by atoms with van der Waals surface area (Å²) in [4.78, 5) is 20.5. The predicted octanol–water partition coefficient (Wildman–Crippen LogP) is 3.40. The van der Waals surface area contributed by atoms with Gasteiger partial charge in [0.1, 0.15) is 16.8 Å². The van der Waals surface area contributed by atoms with Crippen molar-refractivity contribution in [2.24, 2.45) is 0 Å². The number of rotatable bonds is 9. The molecule has 0 saturated heterocycles. The molecule has 0 aliphatic rings. The van der Waals surface area contributed by atoms with E-state index in [0.717, 1.165) is 17.3 Å². The highest BCUT2D eigenvalue weighted by atomic mass is 32.2. The molecule has 0 unspecified atom stereocenters. The SMILES string of the molecule is CC[C@@H](Sc1nnc(CSc2ncccn2)n1-c1ccc(OC)cc1)C(=O)OC. The van der Waals surface area contributed by atoms with Gasteiger partial charge in [0, 0.05) is 18.1 Å². The largest absolute Gasteiger partial charge is 0.497 e. The molecule has 8 nitrogen and oxygen atoms in total. The van der Waals surface area contributed by atoms with E-state index >= 15 is 0 Å². The van der Waals surface area contributed by atoms with E-state index in [1.807, 2.05) is 35.8 Å². The highest BCUT2D eigenvalue weighted by Gasteiger charge is 2.24. The molecule has 3 aromatic rings. The molecule has 0 amide bonds. The Morgan fingerprint density at radius 3 is 2.48 bits per heavy atom. The van der Waals surface area contributed by atoms with Gasteiger partial charge in [0.15, 0.2) is 10.3 Å². The second kappa shape index (κ2) is 10.3. The lowest BCUT2D eigenvalue weighted by Crippen LogP contribution is -2.18. The molecule has 0 fully saturated rings. The van der Waals surface area contributed by atoms with E-state index < -0.39 is 0 Å². The summed E-state index contributed by atoms with van der Waals surface area (Å²) in [6, 6.07) is 9.38. The van der Waals surface area contributed by atoms with Crippen molar-refractivity contribution in [1.29, 1.82) is 0 Å². The Labute approximate surface area is 177 Å². The van der Waals surface area contributed by atoms with Crippen LogP contribution in [0.5, 0.6) is 5.75 Å². The van der Waals surface area contributed by atoms with Crippen LogP contribution in [0.1, 0.15) is 19.2 Å². The van der Waals surface area contributed by atoms with Gasteiger partial charge in [-0.2, -0.15) is 0 Å². The predicted molar refractivity (Wildman–Crippen MR) is 111 cm³/mol. The molecule has 0 aliphatic carbocycles. The monoisotopic (exact) mass is 431 g/mol. The summed E-state index contributed by atoms with van der Waals surface area (Å²) in [6.07, 6.45) is 4.02. The number of nitrogens with zero attached hydrogens (tertiary/aromatic N) is 5. The van der Waals surface area contributed by atoms with Crippen LogP contribution >= 0.6 is 23.5 Å². The smallest absolute Gasteiger partial charge is 0.319 e. The van der Waals surface area contributed by atoms with Crippen molar-refractivity contribution in [3.05, 3.63) is 48.5 Å². The van der Waals surface area contributed by atoms with Crippen molar-refractivity contribution in [3.8, 4) is 11.4 Å². The van der Waals surface area contributed by atoms with E-state index in [-0.39, 0.29) is 11.2 Å². The van der Waals surface area contributed by atoms with Gasteiger partial charge in [-0.3, -0.25) is 9.36 Å². The van der Waals surface area contributed by atoms with Crippen LogP contribution in [0.3, 0.4) is 0 Å². The van der Waals surface area contributed by atoms with Gasteiger partial charge < -0.3 is 9.47 Å². The molecule has 0 aliphatic heterocycles. The molecule has 0 radical (unpaired) electrons. The molecule has 0 N–H and O–H groups in total. The van der Waals surface area contributed by atoms with E-state index in [4.69, 9.17) is 9.47 Å². The number of thioether (sulfide) groups is 2.